The summed E-state index contributed by atoms with van der Waals surface area (Å²) in [7, 11) is 1.80. The number of para-hydroxylation sites is 1. The predicted molar refractivity (Wildman–Crippen MR) is 158 cm³/mol. The van der Waals surface area contributed by atoms with Crippen LogP contribution in [-0.2, 0) is 12.0 Å². The topological polar surface area (TPSA) is 111 Å². The van der Waals surface area contributed by atoms with Crippen LogP contribution in [-0.4, -0.2) is 28.1 Å². The van der Waals surface area contributed by atoms with E-state index in [9.17, 15) is 4.79 Å². The fourth-order valence-corrected chi connectivity index (χ4v) is 4.79. The van der Waals surface area contributed by atoms with E-state index in [-0.39, 0.29) is 17.8 Å². The Morgan fingerprint density at radius 1 is 0.900 bits per heavy atom. The van der Waals surface area contributed by atoms with Gasteiger partial charge in [-0.05, 0) is 61.2 Å². The van der Waals surface area contributed by atoms with E-state index in [2.05, 4.69) is 10.2 Å². The monoisotopic (exact) mass is 531 g/mol. The number of rotatable bonds is 8. The van der Waals surface area contributed by atoms with Crippen LogP contribution < -0.4 is 11.5 Å². The summed E-state index contributed by atoms with van der Waals surface area (Å²) in [6.07, 6.45) is 0.530. The van der Waals surface area contributed by atoms with Crippen molar-refractivity contribution in [3.05, 3.63) is 126 Å². The minimum atomic E-state index is -0.877. The summed E-state index contributed by atoms with van der Waals surface area (Å²) in [6, 6.07) is 32.8. The molecule has 7 heteroatoms. The Bertz CT molecular complexity index is 1610. The van der Waals surface area contributed by atoms with E-state index < -0.39 is 5.54 Å². The molecule has 0 aliphatic carbocycles. The van der Waals surface area contributed by atoms with Crippen molar-refractivity contribution in [1.82, 2.24) is 15.1 Å². The summed E-state index contributed by atoms with van der Waals surface area (Å²) in [4.78, 5) is 15.5. The Hall–Kier alpha value is -4.75. The Morgan fingerprint density at radius 2 is 1.52 bits per heavy atom. The van der Waals surface area contributed by atoms with Gasteiger partial charge in [0.05, 0.1) is 11.6 Å². The van der Waals surface area contributed by atoms with Crippen LogP contribution in [0.4, 0.5) is 5.69 Å². The number of carbonyl (C=O) groups is 1. The van der Waals surface area contributed by atoms with Crippen LogP contribution in [0.3, 0.4) is 0 Å². The van der Waals surface area contributed by atoms with Crippen LogP contribution >= 0.6 is 0 Å². The highest BCUT2D eigenvalue weighted by Crippen LogP contribution is 2.33. The van der Waals surface area contributed by atoms with Gasteiger partial charge in [0.1, 0.15) is 0 Å². The molecule has 0 bridgehead atoms. The van der Waals surface area contributed by atoms with Crippen molar-refractivity contribution < 1.29 is 9.21 Å². The molecule has 1 heterocycles. The van der Waals surface area contributed by atoms with E-state index in [1.807, 2.05) is 111 Å². The number of anilines is 1. The number of nitrogen functional groups attached to an aromatic ring is 1. The number of hydrogen-bond acceptors (Lipinski definition) is 6. The molecule has 7 nitrogen and oxygen atoms in total. The van der Waals surface area contributed by atoms with Crippen LogP contribution in [0.5, 0.6) is 0 Å². The molecule has 0 saturated heterocycles. The molecular formula is C33H33N5O2. The molecule has 40 heavy (non-hydrogen) atoms. The Labute approximate surface area is 234 Å². The lowest BCUT2D eigenvalue weighted by molar-refractivity contribution is 0.0742. The van der Waals surface area contributed by atoms with Gasteiger partial charge >= 0.3 is 0 Å². The summed E-state index contributed by atoms with van der Waals surface area (Å²) in [6.45, 7) is 3.87. The fourth-order valence-electron chi connectivity index (χ4n) is 4.79. The van der Waals surface area contributed by atoms with Gasteiger partial charge in [0.2, 0.25) is 11.8 Å². The van der Waals surface area contributed by atoms with Crippen LogP contribution in [0.1, 0.15) is 47.3 Å². The predicted octanol–water partition coefficient (Wildman–Crippen LogP) is 6.24. The second-order valence-electron chi connectivity index (χ2n) is 10.4. The first-order chi connectivity index (χ1) is 19.2. The maximum Gasteiger partial charge on any atom is 0.254 e. The Balaban J connectivity index is 1.53. The minimum absolute atomic E-state index is 0.131. The van der Waals surface area contributed by atoms with Gasteiger partial charge in [-0.1, -0.05) is 78.9 Å². The first-order valence-electron chi connectivity index (χ1n) is 13.2. The van der Waals surface area contributed by atoms with Crippen molar-refractivity contribution in [2.45, 2.75) is 31.8 Å². The summed E-state index contributed by atoms with van der Waals surface area (Å²) in [5.41, 5.74) is 17.5. The van der Waals surface area contributed by atoms with Gasteiger partial charge in [0, 0.05) is 29.4 Å². The van der Waals surface area contributed by atoms with E-state index in [0.717, 1.165) is 22.3 Å². The van der Waals surface area contributed by atoms with Crippen molar-refractivity contribution in [2.24, 2.45) is 5.73 Å². The molecule has 0 saturated carbocycles. The average molecular weight is 532 g/mol. The molecule has 0 radical (unpaired) electrons. The van der Waals surface area contributed by atoms with Gasteiger partial charge in [0.15, 0.2) is 0 Å². The number of nitrogens with two attached hydrogens (primary N) is 2. The Morgan fingerprint density at radius 3 is 2.23 bits per heavy atom. The van der Waals surface area contributed by atoms with Crippen molar-refractivity contribution >= 4 is 11.6 Å². The summed E-state index contributed by atoms with van der Waals surface area (Å²) in [5.74, 6) is 0.462. The average Bonchev–Trinajstić information content (AvgIpc) is 3.49. The van der Waals surface area contributed by atoms with E-state index in [0.29, 0.717) is 29.1 Å². The third kappa shape index (κ3) is 5.65. The number of nitrogens with zero attached hydrogens (tertiary/aromatic N) is 3. The first kappa shape index (κ1) is 26.8. The molecule has 0 aliphatic heterocycles. The number of aromatic nitrogens is 2. The van der Waals surface area contributed by atoms with Gasteiger partial charge in [-0.2, -0.15) is 0 Å². The highest BCUT2D eigenvalue weighted by molar-refractivity contribution is 5.97. The maximum atomic E-state index is 13.8. The molecule has 1 amide bonds. The first-order valence-corrected chi connectivity index (χ1v) is 13.2. The fraction of sp³-hybridized carbons (Fsp3) is 0.182. The molecule has 4 aromatic carbocycles. The zero-order valence-corrected chi connectivity index (χ0v) is 22.9. The van der Waals surface area contributed by atoms with Gasteiger partial charge in [0.25, 0.3) is 5.91 Å². The van der Waals surface area contributed by atoms with Crippen LogP contribution in [0.2, 0.25) is 0 Å². The lowest BCUT2D eigenvalue weighted by Gasteiger charge is -2.26. The molecule has 2 atom stereocenters. The Kier molecular flexibility index (Phi) is 7.49. The lowest BCUT2D eigenvalue weighted by atomic mass is 9.94. The molecular weight excluding hydrogens is 498 g/mol. The van der Waals surface area contributed by atoms with Crippen molar-refractivity contribution in [3.8, 4) is 22.6 Å². The highest BCUT2D eigenvalue weighted by Gasteiger charge is 2.29. The van der Waals surface area contributed by atoms with Crippen molar-refractivity contribution in [2.75, 3.05) is 12.8 Å². The van der Waals surface area contributed by atoms with E-state index in [1.165, 1.54) is 0 Å². The standard InChI is InChI=1S/C33H33N5O2/c1-22(24-14-8-5-9-15-24)38(3)31(39)27-19-25(28-16-10-11-17-29(28)34)18-26(20-27)30-36-37-32(40-30)33(2,35)21-23-12-6-4-7-13-23/h4-20,22H,21,34-35H2,1-3H3/t22-,33-/m1/s1. The normalized spacial score (nSPS) is 13.4. The zero-order chi connectivity index (χ0) is 28.3. The van der Waals surface area contributed by atoms with Crippen molar-refractivity contribution in [1.29, 1.82) is 0 Å². The third-order valence-corrected chi connectivity index (χ3v) is 7.21. The number of amides is 1. The summed E-state index contributed by atoms with van der Waals surface area (Å²) >= 11 is 0. The van der Waals surface area contributed by atoms with Gasteiger partial charge in [-0.25, -0.2) is 0 Å². The molecule has 4 N–H and O–H groups in total. The zero-order valence-electron chi connectivity index (χ0n) is 22.9. The largest absolute Gasteiger partial charge is 0.419 e. The quantitative estimate of drug-likeness (QED) is 0.229. The SMILES string of the molecule is C[C@H](c1ccccc1)N(C)C(=O)c1cc(-c2nnc([C@](C)(N)Cc3ccccc3)o2)cc(-c2ccccc2N)c1. The molecule has 1 aromatic heterocycles. The molecule has 5 rings (SSSR count). The molecule has 202 valence electrons. The maximum absolute atomic E-state index is 13.8. The second-order valence-corrected chi connectivity index (χ2v) is 10.4. The number of benzene rings is 4. The highest BCUT2D eigenvalue weighted by atomic mass is 16.4. The smallest absolute Gasteiger partial charge is 0.254 e. The van der Waals surface area contributed by atoms with Crippen LogP contribution in [0.15, 0.2) is 108 Å². The summed E-state index contributed by atoms with van der Waals surface area (Å²) < 4.78 is 6.14. The summed E-state index contributed by atoms with van der Waals surface area (Å²) in [5, 5.41) is 8.62. The molecule has 5 aromatic rings. The minimum Gasteiger partial charge on any atom is -0.419 e. The van der Waals surface area contributed by atoms with Crippen LogP contribution in [0.25, 0.3) is 22.6 Å². The van der Waals surface area contributed by atoms with Gasteiger partial charge < -0.3 is 20.8 Å². The number of hydrogen-bond donors (Lipinski definition) is 2. The second kappa shape index (κ2) is 11.2. The number of carbonyl (C=O) groups excluding carboxylic acids is 1. The van der Waals surface area contributed by atoms with Gasteiger partial charge in [-0.15, -0.1) is 10.2 Å². The lowest BCUT2D eigenvalue weighted by Crippen LogP contribution is -2.35. The van der Waals surface area contributed by atoms with Crippen molar-refractivity contribution in [3.63, 3.8) is 0 Å². The van der Waals surface area contributed by atoms with Gasteiger partial charge in [-0.3, -0.25) is 4.79 Å². The van der Waals surface area contributed by atoms with E-state index >= 15 is 0 Å². The molecule has 0 aliphatic rings. The van der Waals surface area contributed by atoms with E-state index in [4.69, 9.17) is 15.9 Å². The van der Waals surface area contributed by atoms with Crippen LogP contribution in [0, 0.1) is 0 Å². The third-order valence-electron chi connectivity index (χ3n) is 7.21. The molecule has 0 spiro atoms. The molecule has 0 fully saturated rings. The van der Waals surface area contributed by atoms with E-state index in [1.54, 1.807) is 18.0 Å². The molecule has 0 unspecified atom stereocenters.